The molecule has 2 aromatic carbocycles. The van der Waals surface area contributed by atoms with E-state index in [9.17, 15) is 9.18 Å². The molecule has 5 aromatic rings. The number of carbonyl (C=O) groups is 1. The van der Waals surface area contributed by atoms with Crippen molar-refractivity contribution < 1.29 is 13.9 Å². The monoisotopic (exact) mass is 468 g/mol. The summed E-state index contributed by atoms with van der Waals surface area (Å²) in [6, 6.07) is 15.6. The Morgan fingerprint density at radius 1 is 1.03 bits per heavy atom. The molecule has 5 rings (SSSR count). The number of ether oxygens (including phenoxy) is 1. The normalized spacial score (nSPS) is 10.8. The van der Waals surface area contributed by atoms with Crippen LogP contribution in [0.5, 0.6) is 5.75 Å². The van der Waals surface area contributed by atoms with Gasteiger partial charge < -0.3 is 19.9 Å². The van der Waals surface area contributed by atoms with Crippen LogP contribution in [0, 0.1) is 5.82 Å². The summed E-state index contributed by atoms with van der Waals surface area (Å²) in [4.78, 5) is 25.4. The molecular formula is C26H21FN6O2. The summed E-state index contributed by atoms with van der Waals surface area (Å²) < 4.78 is 22.1. The van der Waals surface area contributed by atoms with E-state index in [-0.39, 0.29) is 11.4 Å². The van der Waals surface area contributed by atoms with Crippen molar-refractivity contribution in [2.45, 2.75) is 0 Å². The quantitative estimate of drug-likeness (QED) is 0.357. The third-order valence-electron chi connectivity index (χ3n) is 5.55. The molecule has 0 saturated heterocycles. The number of para-hydroxylation sites is 1. The van der Waals surface area contributed by atoms with Crippen molar-refractivity contribution in [1.82, 2.24) is 19.5 Å². The summed E-state index contributed by atoms with van der Waals surface area (Å²) in [6.45, 7) is 0. The first kappa shape index (κ1) is 22.0. The molecule has 9 heteroatoms. The van der Waals surface area contributed by atoms with Crippen LogP contribution in [-0.2, 0) is 7.05 Å². The van der Waals surface area contributed by atoms with Crippen LogP contribution in [0.2, 0.25) is 0 Å². The summed E-state index contributed by atoms with van der Waals surface area (Å²) in [7, 11) is 3.42. The van der Waals surface area contributed by atoms with Gasteiger partial charge in [-0.05, 0) is 30.3 Å². The lowest BCUT2D eigenvalue weighted by Gasteiger charge is -2.14. The van der Waals surface area contributed by atoms with E-state index in [0.717, 1.165) is 22.2 Å². The van der Waals surface area contributed by atoms with Crippen molar-refractivity contribution in [1.29, 1.82) is 0 Å². The number of carbonyl (C=O) groups excluding carboxylic acids is 1. The molecule has 1 amide bonds. The van der Waals surface area contributed by atoms with Gasteiger partial charge in [0.15, 0.2) is 5.82 Å². The highest BCUT2D eigenvalue weighted by atomic mass is 19.1. The van der Waals surface area contributed by atoms with Gasteiger partial charge in [0.1, 0.15) is 5.75 Å². The van der Waals surface area contributed by atoms with Gasteiger partial charge in [-0.15, -0.1) is 0 Å². The second-order valence-electron chi connectivity index (χ2n) is 7.78. The summed E-state index contributed by atoms with van der Waals surface area (Å²) in [6.07, 6.45) is 6.65. The molecule has 0 radical (unpaired) electrons. The van der Waals surface area contributed by atoms with Gasteiger partial charge in [-0.1, -0.05) is 18.2 Å². The number of hydrogen-bond acceptors (Lipinski definition) is 6. The van der Waals surface area contributed by atoms with E-state index in [1.54, 1.807) is 18.3 Å². The molecule has 8 nitrogen and oxygen atoms in total. The van der Waals surface area contributed by atoms with E-state index >= 15 is 0 Å². The van der Waals surface area contributed by atoms with Crippen LogP contribution in [0.1, 0.15) is 10.4 Å². The number of pyridine rings is 1. The number of anilines is 3. The van der Waals surface area contributed by atoms with Gasteiger partial charge in [-0.25, -0.2) is 14.4 Å². The molecule has 3 heterocycles. The number of nitrogens with one attached hydrogen (secondary N) is 2. The van der Waals surface area contributed by atoms with Crippen LogP contribution in [0.15, 0.2) is 79.4 Å². The zero-order chi connectivity index (χ0) is 24.4. The number of amides is 1. The highest BCUT2D eigenvalue weighted by Gasteiger charge is 2.16. The number of halogens is 1. The number of methoxy groups -OCH3 is 1. The van der Waals surface area contributed by atoms with Gasteiger partial charge in [0.05, 0.1) is 24.2 Å². The molecule has 0 spiro atoms. The Balaban J connectivity index is 1.47. The SMILES string of the molecule is COc1cc(F)c(NC(=O)c2ccncc2)cc1Nc1nccc(-c2cn(C)c3ccccc23)n1. The van der Waals surface area contributed by atoms with Crippen LogP contribution >= 0.6 is 0 Å². The number of rotatable bonds is 6. The number of hydrogen-bond donors (Lipinski definition) is 2. The van der Waals surface area contributed by atoms with Crippen molar-refractivity contribution >= 4 is 34.1 Å². The van der Waals surface area contributed by atoms with Crippen LogP contribution in [0.4, 0.5) is 21.7 Å². The summed E-state index contributed by atoms with van der Waals surface area (Å²) in [5.74, 6) is -0.563. The zero-order valence-electron chi connectivity index (χ0n) is 19.0. The highest BCUT2D eigenvalue weighted by molar-refractivity contribution is 6.04. The van der Waals surface area contributed by atoms with Crippen LogP contribution in [0.3, 0.4) is 0 Å². The topological polar surface area (TPSA) is 94.0 Å². The van der Waals surface area contributed by atoms with E-state index in [2.05, 4.69) is 25.6 Å². The van der Waals surface area contributed by atoms with E-state index in [4.69, 9.17) is 4.74 Å². The molecule has 0 unspecified atom stereocenters. The molecule has 0 saturated carbocycles. The van der Waals surface area contributed by atoms with Crippen molar-refractivity contribution in [3.63, 3.8) is 0 Å². The molecular weight excluding hydrogens is 447 g/mol. The number of benzene rings is 2. The van der Waals surface area contributed by atoms with Gasteiger partial charge in [-0.3, -0.25) is 9.78 Å². The highest BCUT2D eigenvalue weighted by Crippen LogP contribution is 2.34. The van der Waals surface area contributed by atoms with Gasteiger partial charge in [0, 0.05) is 59.9 Å². The lowest BCUT2D eigenvalue weighted by atomic mass is 10.1. The first-order valence-electron chi connectivity index (χ1n) is 10.8. The van der Waals surface area contributed by atoms with Crippen molar-refractivity contribution in [2.24, 2.45) is 7.05 Å². The predicted octanol–water partition coefficient (Wildman–Crippen LogP) is 5.17. The second kappa shape index (κ2) is 9.22. The van der Waals surface area contributed by atoms with Gasteiger partial charge in [-0.2, -0.15) is 0 Å². The largest absolute Gasteiger partial charge is 0.494 e. The molecule has 0 aliphatic carbocycles. The number of aromatic nitrogens is 4. The maximum Gasteiger partial charge on any atom is 0.255 e. The molecule has 3 aromatic heterocycles. The first-order chi connectivity index (χ1) is 17.0. The lowest BCUT2D eigenvalue weighted by molar-refractivity contribution is 0.102. The Morgan fingerprint density at radius 3 is 2.63 bits per heavy atom. The molecule has 0 fully saturated rings. The molecule has 0 aliphatic rings. The zero-order valence-corrected chi connectivity index (χ0v) is 19.0. The Kier molecular flexibility index (Phi) is 5.80. The minimum atomic E-state index is -0.639. The van der Waals surface area contributed by atoms with Crippen LogP contribution < -0.4 is 15.4 Å². The van der Waals surface area contributed by atoms with E-state index in [1.807, 2.05) is 48.1 Å². The maximum atomic E-state index is 14.7. The van der Waals surface area contributed by atoms with Crippen LogP contribution in [-0.4, -0.2) is 32.5 Å². The van der Waals surface area contributed by atoms with E-state index in [0.29, 0.717) is 17.2 Å². The Morgan fingerprint density at radius 2 is 1.83 bits per heavy atom. The smallest absolute Gasteiger partial charge is 0.255 e. The molecule has 35 heavy (non-hydrogen) atoms. The maximum absolute atomic E-state index is 14.7. The minimum Gasteiger partial charge on any atom is -0.494 e. The van der Waals surface area contributed by atoms with Gasteiger partial charge in [0.2, 0.25) is 5.95 Å². The third-order valence-corrected chi connectivity index (χ3v) is 5.55. The number of aryl methyl sites for hydroxylation is 1. The second-order valence-corrected chi connectivity index (χ2v) is 7.78. The van der Waals surface area contributed by atoms with Gasteiger partial charge >= 0.3 is 0 Å². The fourth-order valence-corrected chi connectivity index (χ4v) is 3.85. The third kappa shape index (κ3) is 4.39. The Labute approximate surface area is 200 Å². The molecule has 0 aliphatic heterocycles. The number of nitrogens with zero attached hydrogens (tertiary/aromatic N) is 4. The molecule has 0 bridgehead atoms. The molecule has 2 N–H and O–H groups in total. The Bertz CT molecular complexity index is 1530. The summed E-state index contributed by atoms with van der Waals surface area (Å²) >= 11 is 0. The first-order valence-corrected chi connectivity index (χ1v) is 10.8. The predicted molar refractivity (Wildman–Crippen MR) is 132 cm³/mol. The fourth-order valence-electron chi connectivity index (χ4n) is 3.85. The molecule has 0 atom stereocenters. The lowest BCUT2D eigenvalue weighted by Crippen LogP contribution is -2.13. The van der Waals surface area contributed by atoms with Crippen molar-refractivity contribution in [3.8, 4) is 17.0 Å². The van der Waals surface area contributed by atoms with Crippen molar-refractivity contribution in [3.05, 3.63) is 90.8 Å². The fraction of sp³-hybridized carbons (Fsp3) is 0.0769. The van der Waals surface area contributed by atoms with E-state index in [1.165, 1.54) is 31.6 Å². The van der Waals surface area contributed by atoms with Crippen LogP contribution in [0.25, 0.3) is 22.2 Å². The minimum absolute atomic E-state index is 0.0136. The standard InChI is InChI=1S/C26H21FN6O2/c1-33-15-18(17-5-3-4-6-23(17)33)20-9-12-29-26(31-20)32-22-14-21(19(27)13-24(22)35-2)30-25(34)16-7-10-28-11-8-16/h3-15H,1-2H3,(H,30,34)(H,29,31,32). The molecule has 174 valence electrons. The average Bonchev–Trinajstić information content (AvgIpc) is 3.23. The van der Waals surface area contributed by atoms with Crippen molar-refractivity contribution in [2.75, 3.05) is 17.7 Å². The Hall–Kier alpha value is -4.79. The van der Waals surface area contributed by atoms with E-state index < -0.39 is 11.7 Å². The summed E-state index contributed by atoms with van der Waals surface area (Å²) in [5, 5.41) is 6.74. The summed E-state index contributed by atoms with van der Waals surface area (Å²) in [5.41, 5.74) is 3.52. The van der Waals surface area contributed by atoms with Gasteiger partial charge in [0.25, 0.3) is 5.91 Å². The average molecular weight is 468 g/mol. The number of fused-ring (bicyclic) bond motifs is 1.